The Bertz CT molecular complexity index is 718. The zero-order valence-electron chi connectivity index (χ0n) is 12.9. The van der Waals surface area contributed by atoms with Crippen LogP contribution in [0.15, 0.2) is 23.1 Å². The molecule has 1 aromatic carbocycles. The number of benzene rings is 1. The van der Waals surface area contributed by atoms with Gasteiger partial charge in [-0.1, -0.05) is 36.1 Å². The van der Waals surface area contributed by atoms with Crippen LogP contribution in [0.4, 0.5) is 0 Å². The normalized spacial score (nSPS) is 17.3. The largest absolute Gasteiger partial charge is 0.493 e. The zero-order chi connectivity index (χ0) is 17.9. The highest BCUT2D eigenvalue weighted by Gasteiger charge is 2.40. The topological polar surface area (TPSA) is 96.3 Å². The predicted molar refractivity (Wildman–Crippen MR) is 93.1 cm³/mol. The molecule has 0 bridgehead atoms. The van der Waals surface area contributed by atoms with Gasteiger partial charge in [0.1, 0.15) is 4.32 Å². The Morgan fingerprint density at radius 2 is 2.12 bits per heavy atom. The van der Waals surface area contributed by atoms with E-state index in [4.69, 9.17) is 26.8 Å². The van der Waals surface area contributed by atoms with Gasteiger partial charge in [0, 0.05) is 5.56 Å². The van der Waals surface area contributed by atoms with Crippen molar-refractivity contribution in [1.82, 2.24) is 4.90 Å². The summed E-state index contributed by atoms with van der Waals surface area (Å²) in [6.07, 6.45) is 1.55. The van der Waals surface area contributed by atoms with Gasteiger partial charge in [0.25, 0.3) is 5.91 Å². The molecule has 0 saturated carbocycles. The van der Waals surface area contributed by atoms with Gasteiger partial charge in [0.2, 0.25) is 0 Å². The molecule has 2 rings (SSSR count). The summed E-state index contributed by atoms with van der Waals surface area (Å²) >= 11 is 6.05. The fraction of sp³-hybridized carbons (Fsp3) is 0.267. The van der Waals surface area contributed by atoms with Gasteiger partial charge < -0.3 is 19.7 Å². The van der Waals surface area contributed by atoms with Crippen molar-refractivity contribution < 1.29 is 29.3 Å². The summed E-state index contributed by atoms with van der Waals surface area (Å²) < 4.78 is 10.6. The molecule has 0 radical (unpaired) electrons. The van der Waals surface area contributed by atoms with Crippen LogP contribution in [0.1, 0.15) is 5.56 Å². The number of ether oxygens (including phenoxy) is 2. The van der Waals surface area contributed by atoms with E-state index in [2.05, 4.69) is 0 Å². The van der Waals surface area contributed by atoms with Crippen LogP contribution >= 0.6 is 24.0 Å². The molecule has 1 aliphatic rings. The molecule has 9 heteroatoms. The van der Waals surface area contributed by atoms with E-state index < -0.39 is 24.5 Å². The number of thioether (sulfide) groups is 1. The van der Waals surface area contributed by atoms with E-state index in [0.717, 1.165) is 16.7 Å². The first kappa shape index (κ1) is 18.2. The molecule has 128 valence electrons. The lowest BCUT2D eigenvalue weighted by molar-refractivity contribution is -0.146. The van der Waals surface area contributed by atoms with E-state index in [9.17, 15) is 14.7 Å². The van der Waals surface area contributed by atoms with Crippen molar-refractivity contribution in [3.63, 3.8) is 0 Å². The van der Waals surface area contributed by atoms with Gasteiger partial charge in [-0.15, -0.1) is 0 Å². The van der Waals surface area contributed by atoms with Crippen LogP contribution in [0.25, 0.3) is 6.08 Å². The van der Waals surface area contributed by atoms with Crippen molar-refractivity contribution in [2.24, 2.45) is 0 Å². The Morgan fingerprint density at radius 1 is 1.42 bits per heavy atom. The maximum absolute atomic E-state index is 12.5. The van der Waals surface area contributed by atoms with Gasteiger partial charge in [0.15, 0.2) is 17.5 Å². The Hall–Kier alpha value is -2.10. The third kappa shape index (κ3) is 3.37. The number of aliphatic carboxylic acids is 1. The highest BCUT2D eigenvalue weighted by Crippen LogP contribution is 2.38. The Labute approximate surface area is 147 Å². The number of aliphatic hydroxyl groups excluding tert-OH is 1. The van der Waals surface area contributed by atoms with Crippen LogP contribution in [0, 0.1) is 0 Å². The maximum atomic E-state index is 12.5. The number of hydrogen-bond donors (Lipinski definition) is 2. The number of carbonyl (C=O) groups is 2. The number of hydrogen-bond acceptors (Lipinski definition) is 7. The summed E-state index contributed by atoms with van der Waals surface area (Å²) in [4.78, 5) is 24.8. The van der Waals surface area contributed by atoms with Gasteiger partial charge in [0.05, 0.1) is 25.7 Å². The molecule has 1 atom stereocenters. The number of aliphatic hydroxyl groups is 1. The standard InChI is InChI=1S/C15H15NO6S2/c1-21-10-5-3-4-8(12(10)22-2)6-11-13(18)16(15(23)24-11)9(7-17)14(19)20/h3-6,9,17H,7H2,1-2H3,(H,19,20)/b11-6-/t9-/m1/s1. The maximum Gasteiger partial charge on any atom is 0.329 e. The molecule has 2 N–H and O–H groups in total. The van der Waals surface area contributed by atoms with Crippen molar-refractivity contribution in [3.8, 4) is 11.5 Å². The monoisotopic (exact) mass is 369 g/mol. The summed E-state index contributed by atoms with van der Waals surface area (Å²) in [7, 11) is 2.98. The number of carbonyl (C=O) groups excluding carboxylic acids is 1. The summed E-state index contributed by atoms with van der Waals surface area (Å²) in [5.41, 5.74) is 0.591. The van der Waals surface area contributed by atoms with Crippen LogP contribution in [0.3, 0.4) is 0 Å². The molecule has 1 aliphatic heterocycles. The van der Waals surface area contributed by atoms with Gasteiger partial charge in [-0.3, -0.25) is 9.69 Å². The highest BCUT2D eigenvalue weighted by atomic mass is 32.2. The van der Waals surface area contributed by atoms with Crippen LogP contribution in [-0.4, -0.2) is 58.2 Å². The molecule has 1 aromatic rings. The average Bonchev–Trinajstić information content (AvgIpc) is 2.82. The second-order valence-corrected chi connectivity index (χ2v) is 6.35. The number of carboxylic acids is 1. The molecule has 0 spiro atoms. The smallest absolute Gasteiger partial charge is 0.329 e. The van der Waals surface area contributed by atoms with E-state index in [1.54, 1.807) is 24.3 Å². The van der Waals surface area contributed by atoms with Crippen LogP contribution < -0.4 is 9.47 Å². The average molecular weight is 369 g/mol. The minimum absolute atomic E-state index is 0.0783. The minimum atomic E-state index is -1.41. The van der Waals surface area contributed by atoms with Crippen LogP contribution in [-0.2, 0) is 9.59 Å². The summed E-state index contributed by atoms with van der Waals surface area (Å²) in [5, 5.41) is 18.3. The first-order chi connectivity index (χ1) is 11.4. The Morgan fingerprint density at radius 3 is 2.67 bits per heavy atom. The van der Waals surface area contributed by atoms with Gasteiger partial charge in [-0.05, 0) is 12.1 Å². The molecule has 7 nitrogen and oxygen atoms in total. The number of carboxylic acid groups (broad SMARTS) is 1. The lowest BCUT2D eigenvalue weighted by Crippen LogP contribution is -2.46. The third-order valence-electron chi connectivity index (χ3n) is 3.31. The lowest BCUT2D eigenvalue weighted by atomic mass is 10.1. The molecule has 1 fully saturated rings. The fourth-order valence-corrected chi connectivity index (χ4v) is 3.53. The van der Waals surface area contributed by atoms with Crippen molar-refractivity contribution >= 4 is 46.3 Å². The fourth-order valence-electron chi connectivity index (χ4n) is 2.19. The van der Waals surface area contributed by atoms with E-state index in [0.29, 0.717) is 17.1 Å². The molecule has 0 aliphatic carbocycles. The summed E-state index contributed by atoms with van der Waals surface area (Å²) in [6, 6.07) is 3.78. The van der Waals surface area contributed by atoms with Crippen molar-refractivity contribution in [1.29, 1.82) is 0 Å². The first-order valence-electron chi connectivity index (χ1n) is 6.76. The number of methoxy groups -OCH3 is 2. The van der Waals surface area contributed by atoms with Crippen molar-refractivity contribution in [2.45, 2.75) is 6.04 Å². The Kier molecular flexibility index (Phi) is 5.81. The summed E-state index contributed by atoms with van der Waals surface area (Å²) in [5.74, 6) is -0.951. The number of para-hydroxylation sites is 1. The number of rotatable bonds is 6. The van der Waals surface area contributed by atoms with Crippen molar-refractivity contribution in [2.75, 3.05) is 20.8 Å². The SMILES string of the molecule is COc1cccc(/C=C2\SC(=S)N([C@H](CO)C(=O)O)C2=O)c1OC. The van der Waals surface area contributed by atoms with Gasteiger partial charge in [-0.25, -0.2) is 4.79 Å². The van der Waals surface area contributed by atoms with E-state index in [1.165, 1.54) is 14.2 Å². The van der Waals surface area contributed by atoms with Crippen LogP contribution in [0.2, 0.25) is 0 Å². The molecule has 1 amide bonds. The van der Waals surface area contributed by atoms with Gasteiger partial charge >= 0.3 is 5.97 Å². The van der Waals surface area contributed by atoms with E-state index in [-0.39, 0.29) is 9.23 Å². The molecule has 24 heavy (non-hydrogen) atoms. The molecular formula is C15H15NO6S2. The second kappa shape index (κ2) is 7.65. The number of thiocarbonyl (C=S) groups is 1. The number of nitrogens with zero attached hydrogens (tertiary/aromatic N) is 1. The van der Waals surface area contributed by atoms with E-state index >= 15 is 0 Å². The molecular weight excluding hydrogens is 354 g/mol. The Balaban J connectivity index is 2.41. The van der Waals surface area contributed by atoms with Crippen LogP contribution in [0.5, 0.6) is 11.5 Å². The molecule has 0 unspecified atom stereocenters. The predicted octanol–water partition coefficient (Wildman–Crippen LogP) is 1.35. The van der Waals surface area contributed by atoms with E-state index in [1.807, 2.05) is 0 Å². The number of amides is 1. The zero-order valence-corrected chi connectivity index (χ0v) is 14.5. The third-order valence-corrected chi connectivity index (χ3v) is 4.64. The highest BCUT2D eigenvalue weighted by molar-refractivity contribution is 8.26. The first-order valence-corrected chi connectivity index (χ1v) is 7.98. The minimum Gasteiger partial charge on any atom is -0.493 e. The summed E-state index contributed by atoms with van der Waals surface area (Å²) in [6.45, 7) is -0.725. The second-order valence-electron chi connectivity index (χ2n) is 4.67. The molecule has 0 aromatic heterocycles. The van der Waals surface area contributed by atoms with Crippen molar-refractivity contribution in [3.05, 3.63) is 28.7 Å². The molecule has 1 saturated heterocycles. The molecule has 1 heterocycles. The quantitative estimate of drug-likeness (QED) is 0.573. The van der Waals surface area contributed by atoms with Gasteiger partial charge in [-0.2, -0.15) is 0 Å². The lowest BCUT2D eigenvalue weighted by Gasteiger charge is -2.20.